The van der Waals surface area contributed by atoms with Crippen LogP contribution in [-0.2, 0) is 24.2 Å². The Morgan fingerprint density at radius 2 is 2.20 bits per heavy atom. The van der Waals surface area contributed by atoms with Crippen LogP contribution in [-0.4, -0.2) is 39.1 Å². The van der Waals surface area contributed by atoms with E-state index in [9.17, 15) is 19.7 Å². The van der Waals surface area contributed by atoms with Crippen LogP contribution in [0.15, 0.2) is 22.7 Å². The number of nitrogens with two attached hydrogens (primary N) is 1. The topological polar surface area (TPSA) is 149 Å². The number of carbonyl (C=O) groups is 2. The molecule has 2 aromatic rings. The van der Waals surface area contributed by atoms with Crippen LogP contribution >= 0.6 is 0 Å². The van der Waals surface area contributed by atoms with Gasteiger partial charge in [0.05, 0.1) is 18.5 Å². The number of carbonyl (C=O) groups excluding carboxylic acids is 1. The van der Waals surface area contributed by atoms with Crippen LogP contribution < -0.4 is 10.4 Å². The minimum absolute atomic E-state index is 0.0125. The van der Waals surface area contributed by atoms with Gasteiger partial charge in [0.25, 0.3) is 0 Å². The molecule has 0 unspecified atom stereocenters. The average molecular weight is 345 g/mol. The number of aromatic nitrogens is 2. The molecule has 0 bridgehead atoms. The second-order valence-corrected chi connectivity index (χ2v) is 5.80. The summed E-state index contributed by atoms with van der Waals surface area (Å²) in [6.07, 6.45) is 0.317. The normalized spacial score (nSPS) is 16.2. The van der Waals surface area contributed by atoms with Gasteiger partial charge in [0, 0.05) is 12.2 Å². The second-order valence-electron chi connectivity index (χ2n) is 5.80. The maximum atomic E-state index is 12.2. The highest BCUT2D eigenvalue weighted by Gasteiger charge is 2.37. The first-order valence-corrected chi connectivity index (χ1v) is 7.71. The molecule has 0 saturated heterocycles. The molecule has 1 aromatic carbocycles. The molecule has 1 aromatic heterocycles. The lowest BCUT2D eigenvalue weighted by Gasteiger charge is -2.27. The Morgan fingerprint density at radius 1 is 1.40 bits per heavy atom. The van der Waals surface area contributed by atoms with Crippen molar-refractivity contribution in [3.05, 3.63) is 41.0 Å². The van der Waals surface area contributed by atoms with Gasteiger partial charge >= 0.3 is 13.1 Å². The molecule has 2 heterocycles. The number of ketones is 1. The molecule has 0 radical (unpaired) electrons. The third kappa shape index (κ3) is 3.70. The highest BCUT2D eigenvalue weighted by atomic mass is 16.5. The molecule has 4 N–H and O–H groups in total. The third-order valence-corrected chi connectivity index (χ3v) is 3.98. The van der Waals surface area contributed by atoms with Crippen LogP contribution in [0, 0.1) is 0 Å². The van der Waals surface area contributed by atoms with E-state index in [-0.39, 0.29) is 42.4 Å². The lowest BCUT2D eigenvalue weighted by Crippen LogP contribution is -2.36. The Bertz CT molecular complexity index is 808. The van der Waals surface area contributed by atoms with Gasteiger partial charge < -0.3 is 25.0 Å². The summed E-state index contributed by atoms with van der Waals surface area (Å²) in [4.78, 5) is 27.4. The Labute approximate surface area is 142 Å². The number of rotatable bonds is 6. The van der Waals surface area contributed by atoms with E-state index in [2.05, 4.69) is 10.1 Å². The Balaban J connectivity index is 1.68. The second kappa shape index (κ2) is 7.03. The molecule has 25 heavy (non-hydrogen) atoms. The molecule has 10 heteroatoms. The number of aromatic carboxylic acids is 1. The van der Waals surface area contributed by atoms with E-state index in [0.29, 0.717) is 17.8 Å². The maximum absolute atomic E-state index is 12.2. The van der Waals surface area contributed by atoms with Crippen molar-refractivity contribution >= 4 is 18.9 Å². The van der Waals surface area contributed by atoms with E-state index < -0.39 is 18.9 Å². The zero-order valence-electron chi connectivity index (χ0n) is 13.2. The Hall–Kier alpha value is -2.72. The van der Waals surface area contributed by atoms with Gasteiger partial charge in [0.15, 0.2) is 5.82 Å². The molecule has 1 aliphatic heterocycles. The zero-order valence-corrected chi connectivity index (χ0v) is 13.2. The van der Waals surface area contributed by atoms with Gasteiger partial charge in [-0.05, 0) is 18.1 Å². The number of nitrogens with zero attached hydrogens (tertiary/aromatic N) is 2. The van der Waals surface area contributed by atoms with E-state index in [0.717, 1.165) is 0 Å². The van der Waals surface area contributed by atoms with E-state index in [1.54, 1.807) is 12.1 Å². The number of carboxylic acid groups (broad SMARTS) is 1. The predicted molar refractivity (Wildman–Crippen MR) is 85.0 cm³/mol. The minimum atomic E-state index is -1.26. The SMILES string of the molecule is NCc1noc(CC(=O)C[C@H]2Cc3cccc(C(=O)O)c3OB2O)n1. The van der Waals surface area contributed by atoms with Crippen molar-refractivity contribution in [1.29, 1.82) is 0 Å². The van der Waals surface area contributed by atoms with Crippen molar-refractivity contribution in [2.24, 2.45) is 5.73 Å². The molecule has 0 amide bonds. The molecule has 130 valence electrons. The summed E-state index contributed by atoms with van der Waals surface area (Å²) in [6, 6.07) is 4.73. The number of Topliss-reactive ketones (excluding diaryl/α,β-unsaturated/α-hetero) is 1. The fraction of sp³-hybridized carbons (Fsp3) is 0.333. The molecule has 0 fully saturated rings. The number of carboxylic acids is 1. The standard InChI is InChI=1S/C15H16BN3O6/c17-7-12-18-13(25-19-12)6-10(20)5-9-4-8-2-1-3-11(15(21)22)14(8)24-16(9)23/h1-3,9,23H,4-7,17H2,(H,21,22)/t9-/m1/s1. The summed E-state index contributed by atoms with van der Waals surface area (Å²) in [7, 11) is -1.26. The molecule has 3 rings (SSSR count). The fourth-order valence-electron chi connectivity index (χ4n) is 2.80. The van der Waals surface area contributed by atoms with Crippen LogP contribution in [0.5, 0.6) is 5.75 Å². The number of hydrogen-bond acceptors (Lipinski definition) is 8. The average Bonchev–Trinajstić information content (AvgIpc) is 3.02. The van der Waals surface area contributed by atoms with Crippen LogP contribution in [0.2, 0.25) is 5.82 Å². The molecule has 1 atom stereocenters. The number of benzene rings is 1. The van der Waals surface area contributed by atoms with Crippen LogP contribution in [0.25, 0.3) is 0 Å². The van der Waals surface area contributed by atoms with Gasteiger partial charge in [-0.3, -0.25) is 4.79 Å². The molecule has 0 saturated carbocycles. The minimum Gasteiger partial charge on any atom is -0.535 e. The smallest absolute Gasteiger partial charge is 0.526 e. The predicted octanol–water partition coefficient (Wildman–Crippen LogP) is 0.214. The van der Waals surface area contributed by atoms with Gasteiger partial charge in [0.2, 0.25) is 5.89 Å². The van der Waals surface area contributed by atoms with E-state index in [1.807, 2.05) is 0 Å². The van der Waals surface area contributed by atoms with Crippen LogP contribution in [0.1, 0.15) is 34.1 Å². The summed E-state index contributed by atoms with van der Waals surface area (Å²) >= 11 is 0. The van der Waals surface area contributed by atoms with E-state index in [1.165, 1.54) is 6.07 Å². The number of para-hydroxylation sites is 1. The van der Waals surface area contributed by atoms with E-state index in [4.69, 9.17) is 14.9 Å². The first-order chi connectivity index (χ1) is 12.0. The van der Waals surface area contributed by atoms with Gasteiger partial charge in [-0.1, -0.05) is 17.3 Å². The molecular formula is C15H16BN3O6. The summed E-state index contributed by atoms with van der Waals surface area (Å²) < 4.78 is 10.3. The quantitative estimate of drug-likeness (QED) is 0.625. The van der Waals surface area contributed by atoms with Crippen molar-refractivity contribution in [2.75, 3.05) is 0 Å². The van der Waals surface area contributed by atoms with Crippen molar-refractivity contribution in [3.63, 3.8) is 0 Å². The van der Waals surface area contributed by atoms with Crippen molar-refractivity contribution < 1.29 is 28.9 Å². The number of fused-ring (bicyclic) bond motifs is 1. The highest BCUT2D eigenvalue weighted by molar-refractivity contribution is 6.47. The molecule has 0 spiro atoms. The number of hydrogen-bond donors (Lipinski definition) is 3. The van der Waals surface area contributed by atoms with Gasteiger partial charge in [-0.25, -0.2) is 4.79 Å². The summed E-state index contributed by atoms with van der Waals surface area (Å²) in [5.41, 5.74) is 6.01. The fourth-order valence-corrected chi connectivity index (χ4v) is 2.80. The largest absolute Gasteiger partial charge is 0.535 e. The Kier molecular flexibility index (Phi) is 4.82. The van der Waals surface area contributed by atoms with Crippen molar-refractivity contribution in [2.45, 2.75) is 31.6 Å². The molecular weight excluding hydrogens is 329 g/mol. The first-order valence-electron chi connectivity index (χ1n) is 7.71. The summed E-state index contributed by atoms with van der Waals surface area (Å²) in [5, 5.41) is 22.9. The van der Waals surface area contributed by atoms with Gasteiger partial charge in [0.1, 0.15) is 11.5 Å². The first kappa shape index (κ1) is 17.1. The maximum Gasteiger partial charge on any atom is 0.526 e. The van der Waals surface area contributed by atoms with Gasteiger partial charge in [-0.2, -0.15) is 4.98 Å². The summed E-state index contributed by atoms with van der Waals surface area (Å²) in [5.74, 6) is -1.18. The van der Waals surface area contributed by atoms with Crippen LogP contribution in [0.4, 0.5) is 0 Å². The lowest BCUT2D eigenvalue weighted by molar-refractivity contribution is -0.119. The van der Waals surface area contributed by atoms with Crippen LogP contribution in [0.3, 0.4) is 0 Å². The highest BCUT2D eigenvalue weighted by Crippen LogP contribution is 2.36. The van der Waals surface area contributed by atoms with E-state index >= 15 is 0 Å². The zero-order chi connectivity index (χ0) is 18.0. The lowest BCUT2D eigenvalue weighted by atomic mass is 9.64. The molecule has 9 nitrogen and oxygen atoms in total. The third-order valence-electron chi connectivity index (χ3n) is 3.98. The van der Waals surface area contributed by atoms with Crippen molar-refractivity contribution in [3.8, 4) is 5.75 Å². The summed E-state index contributed by atoms with van der Waals surface area (Å²) in [6.45, 7) is 0.121. The molecule has 0 aliphatic carbocycles. The van der Waals surface area contributed by atoms with Crippen molar-refractivity contribution in [1.82, 2.24) is 10.1 Å². The monoisotopic (exact) mass is 345 g/mol. The molecule has 1 aliphatic rings. The Morgan fingerprint density at radius 3 is 2.88 bits per heavy atom. The van der Waals surface area contributed by atoms with Gasteiger partial charge in [-0.15, -0.1) is 0 Å².